The van der Waals surface area contributed by atoms with Crippen molar-refractivity contribution >= 4 is 0 Å². The number of hydrogen-bond acceptors (Lipinski definition) is 0. The summed E-state index contributed by atoms with van der Waals surface area (Å²) in [7, 11) is 0. The van der Waals surface area contributed by atoms with Gasteiger partial charge in [0.15, 0.2) is 0 Å². The van der Waals surface area contributed by atoms with Gasteiger partial charge >= 0.3 is 0 Å². The van der Waals surface area contributed by atoms with E-state index in [2.05, 4.69) is 23.7 Å². The highest BCUT2D eigenvalue weighted by Gasteiger charge is 1.57. The normalized spacial score (nSPS) is 8.60. The lowest BCUT2D eigenvalue weighted by Crippen LogP contribution is -1.50. The first kappa shape index (κ1) is 8.60. The summed E-state index contributed by atoms with van der Waals surface area (Å²) < 4.78 is 0. The summed E-state index contributed by atoms with van der Waals surface area (Å²) in [6.07, 6.45) is 7.30. The highest BCUT2D eigenvalue weighted by atomic mass is 13.6. The molecule has 0 spiro atoms. The molecule has 0 aromatic carbocycles. The molecule has 0 aliphatic rings. The standard InChI is InChI=1S/C10H10/c1-3-5-7-9-10-8-6-4-2/h7-10H,1-2H3. The van der Waals surface area contributed by atoms with Gasteiger partial charge < -0.3 is 0 Å². The Morgan fingerprint density at radius 1 is 0.800 bits per heavy atom. The zero-order valence-corrected chi connectivity index (χ0v) is 6.31. The largest absolute Gasteiger partial charge is 0.102 e. The fourth-order valence-electron chi connectivity index (χ4n) is 0.374. The van der Waals surface area contributed by atoms with Crippen molar-refractivity contribution in [1.29, 1.82) is 0 Å². The fraction of sp³-hybridized carbons (Fsp3) is 0.200. The van der Waals surface area contributed by atoms with Gasteiger partial charge in [0.1, 0.15) is 0 Å². The van der Waals surface area contributed by atoms with Gasteiger partial charge in [-0.1, -0.05) is 24.0 Å². The molecule has 0 saturated heterocycles. The van der Waals surface area contributed by atoms with Crippen LogP contribution < -0.4 is 0 Å². The fourth-order valence-corrected chi connectivity index (χ4v) is 0.374. The first-order valence-electron chi connectivity index (χ1n) is 3.08. The van der Waals surface area contributed by atoms with Crippen LogP contribution >= 0.6 is 0 Å². The van der Waals surface area contributed by atoms with Crippen LogP contribution in [-0.2, 0) is 0 Å². The summed E-state index contributed by atoms with van der Waals surface area (Å²) in [5.41, 5.74) is 0. The molecule has 10 heavy (non-hydrogen) atoms. The maximum Gasteiger partial charge on any atom is -0.00235 e. The molecule has 50 valence electrons. The zero-order valence-electron chi connectivity index (χ0n) is 6.31. The lowest BCUT2D eigenvalue weighted by Gasteiger charge is -1.65. The maximum absolute atomic E-state index is 2.80. The van der Waals surface area contributed by atoms with Crippen LogP contribution in [0.25, 0.3) is 0 Å². The van der Waals surface area contributed by atoms with Gasteiger partial charge in [-0.2, -0.15) is 0 Å². The Morgan fingerprint density at radius 3 is 1.50 bits per heavy atom. The van der Waals surface area contributed by atoms with E-state index in [0.717, 1.165) is 0 Å². The van der Waals surface area contributed by atoms with Crippen LogP contribution in [0.1, 0.15) is 13.8 Å². The van der Waals surface area contributed by atoms with E-state index >= 15 is 0 Å². The van der Waals surface area contributed by atoms with E-state index in [1.165, 1.54) is 0 Å². The van der Waals surface area contributed by atoms with Gasteiger partial charge in [0.05, 0.1) is 0 Å². The highest BCUT2D eigenvalue weighted by Crippen LogP contribution is 1.73. The minimum Gasteiger partial charge on any atom is -0.102 e. The molecule has 0 unspecified atom stereocenters. The molecule has 0 heterocycles. The second-order valence-electron chi connectivity index (χ2n) is 1.51. The summed E-state index contributed by atoms with van der Waals surface area (Å²) in [6, 6.07) is 0. The van der Waals surface area contributed by atoms with Crippen molar-refractivity contribution in [3.8, 4) is 23.7 Å². The zero-order chi connectivity index (χ0) is 7.66. The van der Waals surface area contributed by atoms with Gasteiger partial charge in [-0.3, -0.25) is 0 Å². The van der Waals surface area contributed by atoms with Crippen LogP contribution in [0.4, 0.5) is 0 Å². The molecule has 0 aromatic rings. The van der Waals surface area contributed by atoms with Crippen molar-refractivity contribution in [2.75, 3.05) is 0 Å². The summed E-state index contributed by atoms with van der Waals surface area (Å²) in [5, 5.41) is 0. The molecule has 0 aromatic heterocycles. The summed E-state index contributed by atoms with van der Waals surface area (Å²) in [4.78, 5) is 0. The molecule has 0 aliphatic carbocycles. The third-order valence-corrected chi connectivity index (χ3v) is 0.759. The Balaban J connectivity index is 3.65. The van der Waals surface area contributed by atoms with E-state index in [0.29, 0.717) is 0 Å². The van der Waals surface area contributed by atoms with Crippen LogP contribution in [0.3, 0.4) is 0 Å². The first-order valence-corrected chi connectivity index (χ1v) is 3.08. The lowest BCUT2D eigenvalue weighted by molar-refractivity contribution is 1.88. The third-order valence-electron chi connectivity index (χ3n) is 0.759. The van der Waals surface area contributed by atoms with E-state index in [9.17, 15) is 0 Å². The van der Waals surface area contributed by atoms with Crippen molar-refractivity contribution in [3.05, 3.63) is 24.3 Å². The lowest BCUT2D eigenvalue weighted by atomic mass is 10.4. The minimum atomic E-state index is 1.79. The van der Waals surface area contributed by atoms with Crippen molar-refractivity contribution in [2.45, 2.75) is 13.8 Å². The van der Waals surface area contributed by atoms with E-state index in [1.807, 2.05) is 12.2 Å². The van der Waals surface area contributed by atoms with Crippen molar-refractivity contribution in [2.24, 2.45) is 0 Å². The molecule has 0 rings (SSSR count). The molecule has 0 aliphatic heterocycles. The Morgan fingerprint density at radius 2 is 1.20 bits per heavy atom. The topological polar surface area (TPSA) is 0 Å². The molecule has 0 nitrogen and oxygen atoms in total. The highest BCUT2D eigenvalue weighted by molar-refractivity contribution is 5.23. The molecular weight excluding hydrogens is 120 g/mol. The van der Waals surface area contributed by atoms with Gasteiger partial charge in [0.25, 0.3) is 0 Å². The van der Waals surface area contributed by atoms with Gasteiger partial charge in [-0.05, 0) is 26.0 Å². The number of allylic oxidation sites excluding steroid dienone is 4. The van der Waals surface area contributed by atoms with Gasteiger partial charge in [0.2, 0.25) is 0 Å². The van der Waals surface area contributed by atoms with Crippen molar-refractivity contribution < 1.29 is 0 Å². The van der Waals surface area contributed by atoms with Crippen molar-refractivity contribution in [3.63, 3.8) is 0 Å². The van der Waals surface area contributed by atoms with Crippen LogP contribution in [0.5, 0.6) is 0 Å². The summed E-state index contributed by atoms with van der Waals surface area (Å²) in [6.45, 7) is 3.61. The van der Waals surface area contributed by atoms with Crippen LogP contribution in [0, 0.1) is 23.7 Å². The average Bonchev–Trinajstić information content (AvgIpc) is 1.97. The van der Waals surface area contributed by atoms with E-state index in [1.54, 1.807) is 26.0 Å². The molecule has 0 bridgehead atoms. The monoisotopic (exact) mass is 130 g/mol. The molecule has 0 radical (unpaired) electrons. The van der Waals surface area contributed by atoms with Crippen molar-refractivity contribution in [1.82, 2.24) is 0 Å². The third kappa shape index (κ3) is 6.60. The quantitative estimate of drug-likeness (QED) is 0.377. The van der Waals surface area contributed by atoms with Crippen LogP contribution in [-0.4, -0.2) is 0 Å². The second kappa shape index (κ2) is 7.60. The summed E-state index contributed by atoms with van der Waals surface area (Å²) in [5.74, 6) is 11.1. The van der Waals surface area contributed by atoms with E-state index in [4.69, 9.17) is 0 Å². The van der Waals surface area contributed by atoms with Crippen LogP contribution in [0.15, 0.2) is 24.3 Å². The maximum atomic E-state index is 2.80. The van der Waals surface area contributed by atoms with E-state index < -0.39 is 0 Å². The second-order valence-corrected chi connectivity index (χ2v) is 1.51. The first-order chi connectivity index (χ1) is 4.91. The van der Waals surface area contributed by atoms with Gasteiger partial charge in [0, 0.05) is 0 Å². The predicted octanol–water partition coefficient (Wildman–Crippen LogP) is 2.15. The summed E-state index contributed by atoms with van der Waals surface area (Å²) >= 11 is 0. The smallest absolute Gasteiger partial charge is 0.00235 e. The van der Waals surface area contributed by atoms with Gasteiger partial charge in [-0.15, -0.1) is 11.8 Å². The molecule has 0 heteroatoms. The average molecular weight is 130 g/mol. The Bertz CT molecular complexity index is 205. The Kier molecular flexibility index (Phi) is 6.54. The van der Waals surface area contributed by atoms with Crippen LogP contribution in [0.2, 0.25) is 0 Å². The van der Waals surface area contributed by atoms with Gasteiger partial charge in [-0.25, -0.2) is 0 Å². The SMILES string of the molecule is CC#CC=CC=CC#CC. The molecule has 0 N–H and O–H groups in total. The molecule has 0 atom stereocenters. The molecule has 0 saturated carbocycles. The molecule has 0 amide bonds. The predicted molar refractivity (Wildman–Crippen MR) is 45.2 cm³/mol. The van der Waals surface area contributed by atoms with E-state index in [-0.39, 0.29) is 0 Å². The number of rotatable bonds is 1. The molecular formula is C10H10. The number of hydrogen-bond donors (Lipinski definition) is 0. The molecule has 0 fully saturated rings. The Hall–Kier alpha value is -1.40. The Labute approximate surface area is 62.6 Å². The minimum absolute atomic E-state index is 1.79.